The van der Waals surface area contributed by atoms with Crippen LogP contribution in [0.15, 0.2) is 41.3 Å². The number of carbonyl (C=O) groups excluding carboxylic acids is 1. The zero-order valence-electron chi connectivity index (χ0n) is 16.1. The maximum absolute atomic E-state index is 12.7. The van der Waals surface area contributed by atoms with Gasteiger partial charge in [-0.1, -0.05) is 37.8 Å². The third-order valence-corrected chi connectivity index (χ3v) is 6.80. The molecule has 2 aromatic rings. The molecule has 1 aromatic heterocycles. The number of aliphatic hydroxyl groups excluding tert-OH is 2. The van der Waals surface area contributed by atoms with Gasteiger partial charge >= 0.3 is 5.69 Å². The first-order valence-corrected chi connectivity index (χ1v) is 12.6. The van der Waals surface area contributed by atoms with E-state index in [9.17, 15) is 14.7 Å². The zero-order valence-corrected chi connectivity index (χ0v) is 17.1. The smallest absolute Gasteiger partial charge is 0.351 e. The molecule has 0 radical (unpaired) electrons. The van der Waals surface area contributed by atoms with Gasteiger partial charge in [-0.05, 0) is 17.3 Å². The van der Waals surface area contributed by atoms with E-state index in [4.69, 9.17) is 9.84 Å². The van der Waals surface area contributed by atoms with Crippen molar-refractivity contribution < 1.29 is 19.7 Å². The van der Waals surface area contributed by atoms with E-state index in [0.29, 0.717) is 5.56 Å². The molecule has 3 atom stereocenters. The van der Waals surface area contributed by atoms with E-state index in [0.717, 1.165) is 5.19 Å². The van der Waals surface area contributed by atoms with Crippen LogP contribution in [0.1, 0.15) is 23.0 Å². The Morgan fingerprint density at radius 2 is 2.04 bits per heavy atom. The summed E-state index contributed by atoms with van der Waals surface area (Å²) < 4.78 is 6.71. The molecular formula is C19H25N3O5Si. The Morgan fingerprint density at radius 1 is 1.32 bits per heavy atom. The Labute approximate surface area is 163 Å². The zero-order chi connectivity index (χ0) is 20.5. The first-order chi connectivity index (χ1) is 13.2. The van der Waals surface area contributed by atoms with Crippen molar-refractivity contribution >= 4 is 25.0 Å². The van der Waals surface area contributed by atoms with E-state index in [1.165, 1.54) is 16.8 Å². The first-order valence-electron chi connectivity index (χ1n) is 9.15. The SMILES string of the molecule is C[Si](C)(C)c1ccccc1C(=O)Nc1ccn([C@H]2C[C@H](O)[C@@H](CO)O2)c(=O)n1. The molecule has 9 heteroatoms. The van der Waals surface area contributed by atoms with Gasteiger partial charge in [-0.2, -0.15) is 4.98 Å². The Hall–Kier alpha value is -2.33. The van der Waals surface area contributed by atoms with Crippen molar-refractivity contribution in [2.75, 3.05) is 11.9 Å². The number of hydrogen-bond acceptors (Lipinski definition) is 6. The van der Waals surface area contributed by atoms with E-state index < -0.39 is 32.2 Å². The first kappa shape index (κ1) is 20.4. The van der Waals surface area contributed by atoms with Gasteiger partial charge in [0.15, 0.2) is 0 Å². The second-order valence-corrected chi connectivity index (χ2v) is 12.9. The molecule has 1 saturated heterocycles. The maximum Gasteiger partial charge on any atom is 0.351 e. The maximum atomic E-state index is 12.7. The minimum atomic E-state index is -1.72. The molecule has 28 heavy (non-hydrogen) atoms. The molecule has 0 unspecified atom stereocenters. The number of carbonyl (C=O) groups is 1. The summed E-state index contributed by atoms with van der Waals surface area (Å²) in [7, 11) is -1.72. The molecule has 3 N–H and O–H groups in total. The minimum absolute atomic E-state index is 0.147. The van der Waals surface area contributed by atoms with E-state index >= 15 is 0 Å². The van der Waals surface area contributed by atoms with Crippen molar-refractivity contribution in [3.05, 3.63) is 52.6 Å². The van der Waals surface area contributed by atoms with Gasteiger partial charge < -0.3 is 20.3 Å². The predicted octanol–water partition coefficient (Wildman–Crippen LogP) is 0.681. The highest BCUT2D eigenvalue weighted by atomic mass is 28.3. The van der Waals surface area contributed by atoms with Crippen LogP contribution < -0.4 is 16.2 Å². The third-order valence-electron chi connectivity index (χ3n) is 4.75. The normalized spacial score (nSPS) is 22.2. The summed E-state index contributed by atoms with van der Waals surface area (Å²) in [4.78, 5) is 29.0. The molecule has 1 fully saturated rings. The summed E-state index contributed by atoms with van der Waals surface area (Å²) >= 11 is 0. The van der Waals surface area contributed by atoms with Crippen LogP contribution in [0, 0.1) is 0 Å². The molecule has 1 amide bonds. The Bertz CT molecular complexity index is 924. The van der Waals surface area contributed by atoms with Crippen LogP contribution in [0.4, 0.5) is 5.82 Å². The average Bonchev–Trinajstić information content (AvgIpc) is 3.01. The summed E-state index contributed by atoms with van der Waals surface area (Å²) in [5.41, 5.74) is -0.0206. The number of rotatable bonds is 5. The Balaban J connectivity index is 1.79. The lowest BCUT2D eigenvalue weighted by molar-refractivity contribution is -0.0458. The molecule has 150 valence electrons. The highest BCUT2D eigenvalue weighted by molar-refractivity contribution is 6.89. The molecule has 1 aliphatic heterocycles. The molecule has 1 aliphatic rings. The summed E-state index contributed by atoms with van der Waals surface area (Å²) in [6.45, 7) is 6.15. The van der Waals surface area contributed by atoms with Crippen LogP contribution in [0.5, 0.6) is 0 Å². The molecule has 0 spiro atoms. The minimum Gasteiger partial charge on any atom is -0.394 e. The molecule has 8 nitrogen and oxygen atoms in total. The molecule has 3 rings (SSSR count). The van der Waals surface area contributed by atoms with E-state index in [1.807, 2.05) is 18.2 Å². The number of aromatic nitrogens is 2. The van der Waals surface area contributed by atoms with Gasteiger partial charge in [0.2, 0.25) is 0 Å². The predicted molar refractivity (Wildman–Crippen MR) is 107 cm³/mol. The van der Waals surface area contributed by atoms with Crippen molar-refractivity contribution in [1.82, 2.24) is 9.55 Å². The van der Waals surface area contributed by atoms with Crippen molar-refractivity contribution in [2.45, 2.75) is 44.5 Å². The fourth-order valence-electron chi connectivity index (χ4n) is 3.27. The number of hydrogen-bond donors (Lipinski definition) is 3. The van der Waals surface area contributed by atoms with Crippen molar-refractivity contribution in [2.24, 2.45) is 0 Å². The molecule has 0 bridgehead atoms. The summed E-state index contributed by atoms with van der Waals surface area (Å²) in [6.07, 6.45) is -0.632. The van der Waals surface area contributed by atoms with Crippen LogP contribution in [0.25, 0.3) is 0 Å². The summed E-state index contributed by atoms with van der Waals surface area (Å²) in [5.74, 6) is -0.163. The van der Waals surface area contributed by atoms with Gasteiger partial charge in [-0.15, -0.1) is 0 Å². The standard InChI is InChI=1S/C19H25N3O5Si/c1-28(2,3)15-7-5-4-6-12(15)18(25)20-16-8-9-22(19(26)21-16)17-10-13(24)14(11-23)27-17/h4-9,13-14,17,23-24H,10-11H2,1-3H3,(H,20,21,25,26)/t13-,14+,17+/m0/s1. The number of benzene rings is 1. The second-order valence-electron chi connectivity index (χ2n) is 7.87. The van der Waals surface area contributed by atoms with Crippen LogP contribution in [0.3, 0.4) is 0 Å². The summed E-state index contributed by atoms with van der Waals surface area (Å²) in [6, 6.07) is 8.97. The lowest BCUT2D eigenvalue weighted by Crippen LogP contribution is -2.42. The largest absolute Gasteiger partial charge is 0.394 e. The van der Waals surface area contributed by atoms with Crippen LogP contribution >= 0.6 is 0 Å². The van der Waals surface area contributed by atoms with Crippen molar-refractivity contribution in [3.63, 3.8) is 0 Å². The van der Waals surface area contributed by atoms with Gasteiger partial charge in [0, 0.05) is 18.2 Å². The second kappa shape index (κ2) is 7.96. The number of aliphatic hydroxyl groups is 2. The van der Waals surface area contributed by atoms with Crippen LogP contribution in [-0.2, 0) is 4.74 Å². The molecule has 1 aromatic carbocycles. The van der Waals surface area contributed by atoms with Crippen molar-refractivity contribution in [1.29, 1.82) is 0 Å². The number of ether oxygens (including phenoxy) is 1. The lowest BCUT2D eigenvalue weighted by Gasteiger charge is -2.20. The van der Waals surface area contributed by atoms with Crippen LogP contribution in [0.2, 0.25) is 19.6 Å². The van der Waals surface area contributed by atoms with Crippen molar-refractivity contribution in [3.8, 4) is 0 Å². The quantitative estimate of drug-likeness (QED) is 0.633. The Morgan fingerprint density at radius 3 is 2.64 bits per heavy atom. The number of nitrogens with one attached hydrogen (secondary N) is 1. The molecule has 2 heterocycles. The highest BCUT2D eigenvalue weighted by Gasteiger charge is 2.35. The fraction of sp³-hybridized carbons (Fsp3) is 0.421. The number of anilines is 1. The van der Waals surface area contributed by atoms with E-state index in [1.54, 1.807) is 6.07 Å². The van der Waals surface area contributed by atoms with Gasteiger partial charge in [-0.25, -0.2) is 4.79 Å². The van der Waals surface area contributed by atoms with Gasteiger partial charge in [-0.3, -0.25) is 9.36 Å². The molecule has 0 saturated carbocycles. The number of nitrogens with zero attached hydrogens (tertiary/aromatic N) is 2. The third kappa shape index (κ3) is 4.22. The number of amides is 1. The highest BCUT2D eigenvalue weighted by Crippen LogP contribution is 2.27. The monoisotopic (exact) mass is 403 g/mol. The lowest BCUT2D eigenvalue weighted by atomic mass is 10.2. The summed E-state index contributed by atoms with van der Waals surface area (Å²) in [5, 5.41) is 22.7. The van der Waals surface area contributed by atoms with Gasteiger partial charge in [0.05, 0.1) is 20.8 Å². The molecule has 0 aliphatic carbocycles. The fourth-order valence-corrected chi connectivity index (χ4v) is 4.87. The molecular weight excluding hydrogens is 378 g/mol. The van der Waals surface area contributed by atoms with Crippen LogP contribution in [-0.4, -0.2) is 52.6 Å². The topological polar surface area (TPSA) is 114 Å². The van der Waals surface area contributed by atoms with E-state index in [2.05, 4.69) is 29.9 Å². The van der Waals surface area contributed by atoms with E-state index in [-0.39, 0.29) is 24.8 Å². The van der Waals surface area contributed by atoms with Gasteiger partial charge in [0.1, 0.15) is 18.1 Å². The van der Waals surface area contributed by atoms with Gasteiger partial charge in [0.25, 0.3) is 5.91 Å². The average molecular weight is 404 g/mol. The Kier molecular flexibility index (Phi) is 5.80.